The fourth-order valence-corrected chi connectivity index (χ4v) is 1.67. The van der Waals surface area contributed by atoms with E-state index in [1.807, 2.05) is 31.2 Å². The number of nitrogens with zero attached hydrogens (tertiary/aromatic N) is 1. The first-order chi connectivity index (χ1) is 7.70. The maximum absolute atomic E-state index is 11.3. The highest BCUT2D eigenvalue weighted by Gasteiger charge is 2.03. The lowest BCUT2D eigenvalue weighted by molar-refractivity contribution is 0.972. The van der Waals surface area contributed by atoms with Crippen molar-refractivity contribution in [2.45, 2.75) is 12.7 Å². The van der Waals surface area contributed by atoms with Crippen molar-refractivity contribution in [1.29, 1.82) is 0 Å². The predicted octanol–water partition coefficient (Wildman–Crippen LogP) is 2.18. The Morgan fingerprint density at radius 1 is 1.31 bits per heavy atom. The Bertz CT molecular complexity index is 546. The van der Waals surface area contributed by atoms with Crippen molar-refractivity contribution in [1.82, 2.24) is 10.2 Å². The number of benzene rings is 1. The lowest BCUT2D eigenvalue weighted by Crippen LogP contribution is -2.13. The van der Waals surface area contributed by atoms with E-state index in [-0.39, 0.29) is 5.56 Å². The van der Waals surface area contributed by atoms with Crippen LogP contribution in [0.1, 0.15) is 11.1 Å². The summed E-state index contributed by atoms with van der Waals surface area (Å²) in [7, 11) is 0. The molecule has 16 heavy (non-hydrogen) atoms. The molecule has 4 heteroatoms. The number of aryl methyl sites for hydroxylation is 1. The molecule has 0 amide bonds. The van der Waals surface area contributed by atoms with E-state index in [4.69, 9.17) is 0 Å². The molecule has 2 rings (SSSR count). The fourth-order valence-electron chi connectivity index (χ4n) is 1.44. The van der Waals surface area contributed by atoms with Crippen molar-refractivity contribution in [3.8, 4) is 11.3 Å². The van der Waals surface area contributed by atoms with Gasteiger partial charge in [0.2, 0.25) is 0 Å². The number of thiol groups is 1. The van der Waals surface area contributed by atoms with Gasteiger partial charge in [-0.25, -0.2) is 5.10 Å². The Hall–Kier alpha value is -1.55. The van der Waals surface area contributed by atoms with Gasteiger partial charge >= 0.3 is 0 Å². The Labute approximate surface area is 98.9 Å². The lowest BCUT2D eigenvalue weighted by Gasteiger charge is -2.02. The number of hydrogen-bond donors (Lipinski definition) is 2. The number of aromatic nitrogens is 2. The summed E-state index contributed by atoms with van der Waals surface area (Å²) in [6.45, 7) is 2.03. The molecule has 0 saturated carbocycles. The zero-order valence-corrected chi connectivity index (χ0v) is 9.79. The molecule has 0 radical (unpaired) electrons. The quantitative estimate of drug-likeness (QED) is 0.779. The van der Waals surface area contributed by atoms with E-state index in [9.17, 15) is 4.79 Å². The third-order valence-corrected chi connectivity index (χ3v) is 2.74. The Balaban J connectivity index is 2.48. The van der Waals surface area contributed by atoms with E-state index in [0.29, 0.717) is 11.3 Å². The number of nitrogens with one attached hydrogen (secondary N) is 1. The van der Waals surface area contributed by atoms with Crippen molar-refractivity contribution in [3.63, 3.8) is 0 Å². The third-order valence-electron chi connectivity index (χ3n) is 2.40. The second-order valence-corrected chi connectivity index (χ2v) is 3.95. The molecule has 0 atom stereocenters. The zero-order valence-electron chi connectivity index (χ0n) is 8.90. The molecule has 0 unspecified atom stereocenters. The topological polar surface area (TPSA) is 45.8 Å². The highest BCUT2D eigenvalue weighted by molar-refractivity contribution is 7.79. The van der Waals surface area contributed by atoms with Crippen LogP contribution in [-0.2, 0) is 5.75 Å². The SMILES string of the molecule is Cc1ccc(-c2cc(CS)c(=O)[nH]n2)cc1. The normalized spacial score (nSPS) is 10.4. The van der Waals surface area contributed by atoms with Crippen molar-refractivity contribution in [2.24, 2.45) is 0 Å². The van der Waals surface area contributed by atoms with Crippen LogP contribution in [-0.4, -0.2) is 10.2 Å². The molecule has 82 valence electrons. The molecule has 0 aliphatic rings. The van der Waals surface area contributed by atoms with Crippen LogP contribution >= 0.6 is 12.6 Å². The summed E-state index contributed by atoms with van der Waals surface area (Å²) in [5, 5.41) is 6.49. The summed E-state index contributed by atoms with van der Waals surface area (Å²) in [4.78, 5) is 11.3. The molecule has 0 aliphatic carbocycles. The van der Waals surface area contributed by atoms with Gasteiger partial charge < -0.3 is 0 Å². The summed E-state index contributed by atoms with van der Waals surface area (Å²) < 4.78 is 0. The molecule has 0 spiro atoms. The molecule has 0 saturated heterocycles. The molecular weight excluding hydrogens is 220 g/mol. The zero-order chi connectivity index (χ0) is 11.5. The van der Waals surface area contributed by atoms with Crippen LogP contribution in [0.3, 0.4) is 0 Å². The molecule has 3 nitrogen and oxygen atoms in total. The van der Waals surface area contributed by atoms with Crippen LogP contribution in [0.2, 0.25) is 0 Å². The van der Waals surface area contributed by atoms with Crippen molar-refractivity contribution in [2.75, 3.05) is 0 Å². The van der Waals surface area contributed by atoms with Gasteiger partial charge in [0.15, 0.2) is 0 Å². The van der Waals surface area contributed by atoms with Crippen LogP contribution in [0.5, 0.6) is 0 Å². The number of hydrogen-bond acceptors (Lipinski definition) is 3. The first-order valence-corrected chi connectivity index (χ1v) is 5.60. The fraction of sp³-hybridized carbons (Fsp3) is 0.167. The highest BCUT2D eigenvalue weighted by Crippen LogP contribution is 2.16. The molecule has 0 aliphatic heterocycles. The van der Waals surface area contributed by atoms with E-state index >= 15 is 0 Å². The molecule has 2 aromatic rings. The second kappa shape index (κ2) is 4.53. The molecule has 1 N–H and O–H groups in total. The van der Waals surface area contributed by atoms with Gasteiger partial charge in [-0.15, -0.1) is 0 Å². The second-order valence-electron chi connectivity index (χ2n) is 3.63. The summed E-state index contributed by atoms with van der Waals surface area (Å²) in [5.41, 5.74) is 3.41. The van der Waals surface area contributed by atoms with Crippen molar-refractivity contribution < 1.29 is 0 Å². The lowest BCUT2D eigenvalue weighted by atomic mass is 10.1. The maximum atomic E-state index is 11.3. The van der Waals surface area contributed by atoms with E-state index in [0.717, 1.165) is 11.3 Å². The smallest absolute Gasteiger partial charge is 0.268 e. The summed E-state index contributed by atoms with van der Waals surface area (Å²) >= 11 is 4.11. The summed E-state index contributed by atoms with van der Waals surface area (Å²) in [5.74, 6) is 0.413. The van der Waals surface area contributed by atoms with Gasteiger partial charge in [0.25, 0.3) is 5.56 Å². The first kappa shape index (κ1) is 11.0. The summed E-state index contributed by atoms with van der Waals surface area (Å²) in [6, 6.07) is 9.78. The van der Waals surface area contributed by atoms with E-state index < -0.39 is 0 Å². The van der Waals surface area contributed by atoms with Gasteiger partial charge in [0.05, 0.1) is 5.69 Å². The summed E-state index contributed by atoms with van der Waals surface area (Å²) in [6.07, 6.45) is 0. The van der Waals surface area contributed by atoms with Crippen LogP contribution < -0.4 is 5.56 Å². The number of aromatic amines is 1. The predicted molar refractivity (Wildman–Crippen MR) is 67.7 cm³/mol. The van der Waals surface area contributed by atoms with Crippen LogP contribution in [0.25, 0.3) is 11.3 Å². The van der Waals surface area contributed by atoms with Crippen molar-refractivity contribution >= 4 is 12.6 Å². The van der Waals surface area contributed by atoms with Gasteiger partial charge in [-0.1, -0.05) is 29.8 Å². The highest BCUT2D eigenvalue weighted by atomic mass is 32.1. The van der Waals surface area contributed by atoms with Crippen molar-refractivity contribution in [3.05, 3.63) is 51.8 Å². The van der Waals surface area contributed by atoms with Gasteiger partial charge in [-0.2, -0.15) is 17.7 Å². The standard InChI is InChI=1S/C12H12N2OS/c1-8-2-4-9(5-3-8)11-6-10(7-16)12(15)14-13-11/h2-6,16H,7H2,1H3,(H,14,15). The minimum atomic E-state index is -0.175. The van der Waals surface area contributed by atoms with Crippen LogP contribution in [0.15, 0.2) is 35.1 Å². The molecule has 1 heterocycles. The number of H-pyrrole nitrogens is 1. The number of rotatable bonds is 2. The molecule has 0 fully saturated rings. The van der Waals surface area contributed by atoms with Gasteiger partial charge in [0.1, 0.15) is 0 Å². The third kappa shape index (κ3) is 2.17. The maximum Gasteiger partial charge on any atom is 0.268 e. The minimum Gasteiger partial charge on any atom is -0.268 e. The average Bonchev–Trinajstić information content (AvgIpc) is 2.31. The minimum absolute atomic E-state index is 0.175. The first-order valence-electron chi connectivity index (χ1n) is 4.97. The van der Waals surface area contributed by atoms with E-state index in [2.05, 4.69) is 22.8 Å². The van der Waals surface area contributed by atoms with Gasteiger partial charge in [-0.05, 0) is 13.0 Å². The van der Waals surface area contributed by atoms with E-state index in [1.54, 1.807) is 6.07 Å². The van der Waals surface area contributed by atoms with Gasteiger partial charge in [0, 0.05) is 16.9 Å². The van der Waals surface area contributed by atoms with Crippen LogP contribution in [0.4, 0.5) is 0 Å². The Morgan fingerprint density at radius 3 is 2.62 bits per heavy atom. The molecule has 0 bridgehead atoms. The van der Waals surface area contributed by atoms with Crippen LogP contribution in [0, 0.1) is 6.92 Å². The Morgan fingerprint density at radius 2 is 2.00 bits per heavy atom. The Kier molecular flexibility index (Phi) is 3.10. The largest absolute Gasteiger partial charge is 0.268 e. The molecule has 1 aromatic carbocycles. The molecular formula is C12H12N2OS. The van der Waals surface area contributed by atoms with E-state index in [1.165, 1.54) is 5.56 Å². The van der Waals surface area contributed by atoms with Gasteiger partial charge in [-0.3, -0.25) is 4.79 Å². The molecule has 1 aromatic heterocycles. The monoisotopic (exact) mass is 232 g/mol. The average molecular weight is 232 g/mol.